The van der Waals surface area contributed by atoms with Crippen molar-refractivity contribution in [3.63, 3.8) is 0 Å². The Balaban J connectivity index is 2.05. The van der Waals surface area contributed by atoms with Gasteiger partial charge in [-0.15, -0.1) is 0 Å². The molecule has 0 saturated carbocycles. The summed E-state index contributed by atoms with van der Waals surface area (Å²) in [5.74, 6) is 0. The van der Waals surface area contributed by atoms with Crippen LogP contribution in [0.2, 0.25) is 0 Å². The zero-order valence-electron chi connectivity index (χ0n) is 11.0. The highest BCUT2D eigenvalue weighted by molar-refractivity contribution is 6.08. The van der Waals surface area contributed by atoms with Crippen LogP contribution in [0, 0.1) is 6.07 Å². The average molecular weight is 253 g/mol. The van der Waals surface area contributed by atoms with Gasteiger partial charge in [-0.05, 0) is 50.9 Å². The lowest BCUT2D eigenvalue weighted by Gasteiger charge is -2.07. The highest BCUT2D eigenvalue weighted by Crippen LogP contribution is 2.29. The summed E-state index contributed by atoms with van der Waals surface area (Å²) < 4.78 is 0. The Hall–Kier alpha value is -2.60. The van der Waals surface area contributed by atoms with E-state index in [4.69, 9.17) is 0 Å². The molecular weight excluding hydrogens is 240 g/mol. The van der Waals surface area contributed by atoms with E-state index in [0.29, 0.717) is 0 Å². The van der Waals surface area contributed by atoms with Crippen molar-refractivity contribution in [3.05, 3.63) is 84.9 Å². The molecule has 0 aromatic heterocycles. The maximum atomic E-state index is 3.35. The molecule has 0 aliphatic heterocycles. The van der Waals surface area contributed by atoms with E-state index in [1.54, 1.807) is 0 Å². The van der Waals surface area contributed by atoms with Crippen LogP contribution in [0.4, 0.5) is 0 Å². The lowest BCUT2D eigenvalue weighted by atomic mass is 9.97. The van der Waals surface area contributed by atoms with E-state index in [1.807, 2.05) is 0 Å². The molecule has 20 heavy (non-hydrogen) atoms. The molecule has 0 heteroatoms. The second-order valence-corrected chi connectivity index (χ2v) is 5.00. The first-order valence-corrected chi connectivity index (χ1v) is 6.80. The molecule has 4 rings (SSSR count). The molecule has 4 aromatic carbocycles. The van der Waals surface area contributed by atoms with Crippen LogP contribution in [0.5, 0.6) is 0 Å². The molecule has 0 unspecified atom stereocenters. The van der Waals surface area contributed by atoms with E-state index in [1.165, 1.54) is 32.7 Å². The van der Waals surface area contributed by atoms with Crippen LogP contribution in [0.1, 0.15) is 0 Å². The van der Waals surface area contributed by atoms with Crippen LogP contribution < -0.4 is 0 Å². The summed E-state index contributed by atoms with van der Waals surface area (Å²) >= 11 is 0. The van der Waals surface area contributed by atoms with Gasteiger partial charge in [0.05, 0.1) is 0 Å². The van der Waals surface area contributed by atoms with E-state index < -0.39 is 0 Å². The minimum absolute atomic E-state index is 1.17. The summed E-state index contributed by atoms with van der Waals surface area (Å²) in [5.41, 5.74) is 2.51. The third kappa shape index (κ3) is 1.78. The molecule has 0 N–H and O–H groups in total. The second kappa shape index (κ2) is 4.50. The average Bonchev–Trinajstić information content (AvgIpc) is 2.55. The third-order valence-electron chi connectivity index (χ3n) is 3.76. The Morgan fingerprint density at radius 2 is 1.40 bits per heavy atom. The van der Waals surface area contributed by atoms with Crippen LogP contribution >= 0.6 is 0 Å². The fourth-order valence-electron chi connectivity index (χ4n) is 2.72. The van der Waals surface area contributed by atoms with Crippen molar-refractivity contribution in [2.24, 2.45) is 0 Å². The van der Waals surface area contributed by atoms with Gasteiger partial charge in [0.2, 0.25) is 0 Å². The van der Waals surface area contributed by atoms with Crippen LogP contribution in [-0.4, -0.2) is 0 Å². The van der Waals surface area contributed by atoms with Crippen molar-refractivity contribution in [2.45, 2.75) is 0 Å². The Kier molecular flexibility index (Phi) is 2.53. The van der Waals surface area contributed by atoms with Gasteiger partial charge in [-0.25, -0.2) is 0 Å². The minimum atomic E-state index is 1.17. The predicted molar refractivity (Wildman–Crippen MR) is 85.7 cm³/mol. The molecule has 93 valence electrons. The maximum Gasteiger partial charge on any atom is -0.00926 e. The van der Waals surface area contributed by atoms with E-state index in [2.05, 4.69) is 84.9 Å². The van der Waals surface area contributed by atoms with Crippen LogP contribution in [0.3, 0.4) is 0 Å². The summed E-state index contributed by atoms with van der Waals surface area (Å²) in [5, 5.41) is 4.97. The topological polar surface area (TPSA) is 0 Å². The highest BCUT2D eigenvalue weighted by atomic mass is 14.1. The molecule has 0 atom stereocenters. The molecule has 0 bridgehead atoms. The Bertz CT molecular complexity index is 889. The first-order valence-electron chi connectivity index (χ1n) is 6.80. The van der Waals surface area contributed by atoms with Gasteiger partial charge < -0.3 is 0 Å². The number of hydrogen-bond acceptors (Lipinski definition) is 0. The Labute approximate surface area is 118 Å². The van der Waals surface area contributed by atoms with Crippen LogP contribution in [0.25, 0.3) is 32.7 Å². The van der Waals surface area contributed by atoms with E-state index >= 15 is 0 Å². The van der Waals surface area contributed by atoms with Crippen molar-refractivity contribution in [2.75, 3.05) is 0 Å². The zero-order valence-corrected chi connectivity index (χ0v) is 11.0. The van der Waals surface area contributed by atoms with Gasteiger partial charge in [-0.2, -0.15) is 0 Å². The van der Waals surface area contributed by atoms with Crippen LogP contribution in [0.15, 0.2) is 78.9 Å². The smallest absolute Gasteiger partial charge is 0.00926 e. The summed E-state index contributed by atoms with van der Waals surface area (Å²) in [6, 6.07) is 31.0. The SMILES string of the molecule is [c]1cc2ccc(-c3ccccc3)cc2c2ccccc12. The molecule has 0 fully saturated rings. The number of hydrogen-bond donors (Lipinski definition) is 0. The highest BCUT2D eigenvalue weighted by Gasteiger charge is 2.03. The lowest BCUT2D eigenvalue weighted by Crippen LogP contribution is -1.81. The number of rotatable bonds is 1. The molecule has 0 aliphatic rings. The number of fused-ring (bicyclic) bond motifs is 3. The van der Waals surface area contributed by atoms with Gasteiger partial charge in [0.25, 0.3) is 0 Å². The summed E-state index contributed by atoms with van der Waals surface area (Å²) in [4.78, 5) is 0. The standard InChI is InChI=1S/C20H13/c1-2-6-15(7-3-1)18-13-12-17-11-10-16-8-4-5-9-19(16)20(17)14-18/h1-9,11-14H. The molecule has 0 amide bonds. The van der Waals surface area contributed by atoms with Gasteiger partial charge >= 0.3 is 0 Å². The first kappa shape index (κ1) is 11.2. The summed E-state index contributed by atoms with van der Waals surface area (Å²) in [6.45, 7) is 0. The summed E-state index contributed by atoms with van der Waals surface area (Å²) in [6.07, 6.45) is 0. The van der Waals surface area contributed by atoms with E-state index in [9.17, 15) is 0 Å². The number of benzene rings is 4. The summed E-state index contributed by atoms with van der Waals surface area (Å²) in [7, 11) is 0. The third-order valence-corrected chi connectivity index (χ3v) is 3.76. The minimum Gasteiger partial charge on any atom is -0.0622 e. The van der Waals surface area contributed by atoms with Crippen molar-refractivity contribution in [1.29, 1.82) is 0 Å². The van der Waals surface area contributed by atoms with Crippen molar-refractivity contribution in [3.8, 4) is 11.1 Å². The monoisotopic (exact) mass is 253 g/mol. The van der Waals surface area contributed by atoms with E-state index in [0.717, 1.165) is 0 Å². The molecule has 0 spiro atoms. The van der Waals surface area contributed by atoms with Gasteiger partial charge in [-0.3, -0.25) is 0 Å². The quantitative estimate of drug-likeness (QED) is 0.395. The lowest BCUT2D eigenvalue weighted by molar-refractivity contribution is 1.65. The molecule has 4 aromatic rings. The van der Waals surface area contributed by atoms with Gasteiger partial charge in [0.1, 0.15) is 0 Å². The normalized spacial score (nSPS) is 11.0. The second-order valence-electron chi connectivity index (χ2n) is 5.00. The maximum absolute atomic E-state index is 3.35. The zero-order chi connectivity index (χ0) is 13.4. The van der Waals surface area contributed by atoms with Crippen molar-refractivity contribution >= 4 is 21.5 Å². The van der Waals surface area contributed by atoms with Gasteiger partial charge in [0, 0.05) is 0 Å². The fraction of sp³-hybridized carbons (Fsp3) is 0. The molecular formula is C20H13. The molecule has 0 saturated heterocycles. The van der Waals surface area contributed by atoms with Crippen LogP contribution in [-0.2, 0) is 0 Å². The van der Waals surface area contributed by atoms with E-state index in [-0.39, 0.29) is 0 Å². The molecule has 1 radical (unpaired) electrons. The Morgan fingerprint density at radius 1 is 0.600 bits per heavy atom. The van der Waals surface area contributed by atoms with Crippen molar-refractivity contribution < 1.29 is 0 Å². The molecule has 0 nitrogen and oxygen atoms in total. The molecule has 0 heterocycles. The predicted octanol–water partition coefficient (Wildman–Crippen LogP) is 5.46. The van der Waals surface area contributed by atoms with Gasteiger partial charge in [0.15, 0.2) is 0 Å². The Morgan fingerprint density at radius 3 is 2.30 bits per heavy atom. The fourth-order valence-corrected chi connectivity index (χ4v) is 2.72. The van der Waals surface area contributed by atoms with Gasteiger partial charge in [-0.1, -0.05) is 66.7 Å². The molecule has 0 aliphatic carbocycles. The van der Waals surface area contributed by atoms with Crippen molar-refractivity contribution in [1.82, 2.24) is 0 Å². The largest absolute Gasteiger partial charge is 0.0622 e. The first-order chi connectivity index (χ1) is 9.92.